The molecule has 3 rings (SSSR count). The van der Waals surface area contributed by atoms with Gasteiger partial charge in [-0.15, -0.1) is 0 Å². The molecule has 0 aromatic carbocycles. The van der Waals surface area contributed by atoms with E-state index in [1.165, 1.54) is 45.3 Å². The van der Waals surface area contributed by atoms with Crippen molar-refractivity contribution in [3.63, 3.8) is 0 Å². The van der Waals surface area contributed by atoms with E-state index in [9.17, 15) is 13.4 Å². The number of aromatic nitrogens is 1. The molecule has 9 heteroatoms. The standard InChI is InChI=1S/C11H13ClFNO2S.C4H9N.C2H4O2/c1-7-6-17(16)3-2-11(7,13)9-4-8(12)5-14-10(9)15;1-2-4-5-3-1;1-4-2-3/h4-5,7H,2-3,6H2,1H3,(H,14,15);5H,1-4H2;2H,1H3. The molecule has 0 aliphatic carbocycles. The number of H-pyrrole nitrogens is 1. The number of hydrogen-bond acceptors (Lipinski definition) is 5. The maximum Gasteiger partial charge on any atom is 0.292 e. The van der Waals surface area contributed by atoms with E-state index in [1.807, 2.05) is 0 Å². The van der Waals surface area contributed by atoms with E-state index in [1.54, 1.807) is 6.92 Å². The maximum absolute atomic E-state index is 14.9. The lowest BCUT2D eigenvalue weighted by Gasteiger charge is -2.34. The molecule has 3 atom stereocenters. The fourth-order valence-corrected chi connectivity index (χ4v) is 4.47. The molecule has 2 saturated heterocycles. The molecule has 0 amide bonds. The van der Waals surface area contributed by atoms with Gasteiger partial charge in [0.25, 0.3) is 12.0 Å². The Labute approximate surface area is 160 Å². The number of alkyl halides is 1. The molecule has 0 radical (unpaired) electrons. The Morgan fingerprint density at radius 2 is 2.04 bits per heavy atom. The zero-order valence-electron chi connectivity index (χ0n) is 15.1. The minimum absolute atomic E-state index is 0.0502. The first kappa shape index (κ1) is 22.8. The molecule has 2 aliphatic rings. The molecule has 1 aromatic rings. The highest BCUT2D eigenvalue weighted by molar-refractivity contribution is 7.85. The highest BCUT2D eigenvalue weighted by Gasteiger charge is 2.44. The molecule has 2 N–H and O–H groups in total. The Hall–Kier alpha value is -1.25. The van der Waals surface area contributed by atoms with Crippen LogP contribution in [-0.2, 0) is 26.0 Å². The van der Waals surface area contributed by atoms with Gasteiger partial charge in [0, 0.05) is 34.4 Å². The van der Waals surface area contributed by atoms with Crippen LogP contribution in [0.25, 0.3) is 0 Å². The van der Waals surface area contributed by atoms with Gasteiger partial charge in [0.05, 0.1) is 17.7 Å². The largest absolute Gasteiger partial charge is 0.471 e. The van der Waals surface area contributed by atoms with Crippen LogP contribution in [-0.4, -0.2) is 47.4 Å². The van der Waals surface area contributed by atoms with Gasteiger partial charge in [-0.05, 0) is 38.4 Å². The number of hydrogen-bond donors (Lipinski definition) is 2. The molecule has 2 fully saturated rings. The van der Waals surface area contributed by atoms with Gasteiger partial charge in [-0.3, -0.25) is 13.8 Å². The predicted molar refractivity (Wildman–Crippen MR) is 102 cm³/mol. The topological polar surface area (TPSA) is 88.3 Å². The van der Waals surface area contributed by atoms with Crippen molar-refractivity contribution in [2.45, 2.75) is 31.9 Å². The lowest BCUT2D eigenvalue weighted by molar-refractivity contribution is -0.126. The van der Waals surface area contributed by atoms with E-state index < -0.39 is 27.9 Å². The van der Waals surface area contributed by atoms with Gasteiger partial charge in [-0.25, -0.2) is 4.39 Å². The third kappa shape index (κ3) is 6.81. The Morgan fingerprint density at radius 3 is 2.50 bits per heavy atom. The average Bonchev–Trinajstić information content (AvgIpc) is 3.21. The summed E-state index contributed by atoms with van der Waals surface area (Å²) in [7, 11) is 0.325. The minimum atomic E-state index is -1.73. The third-order valence-corrected chi connectivity index (χ3v) is 6.03. The molecule has 2 aliphatic heterocycles. The molecule has 0 spiro atoms. The van der Waals surface area contributed by atoms with E-state index in [0.717, 1.165) is 0 Å². The summed E-state index contributed by atoms with van der Waals surface area (Å²) in [5.41, 5.74) is -2.14. The first-order valence-electron chi connectivity index (χ1n) is 8.45. The lowest BCUT2D eigenvalue weighted by Crippen LogP contribution is -2.42. The molecule has 0 saturated carbocycles. The predicted octanol–water partition coefficient (Wildman–Crippen LogP) is 2.14. The number of nitrogens with one attached hydrogen (secondary N) is 2. The molecule has 1 aromatic heterocycles. The molecule has 0 bridgehead atoms. The molecular formula is C17H26ClFN2O4S. The molecule has 6 nitrogen and oxygen atoms in total. The number of halogens is 2. The Balaban J connectivity index is 0.000000309. The Morgan fingerprint density at radius 1 is 1.42 bits per heavy atom. The number of ether oxygens (including phenoxy) is 1. The van der Waals surface area contributed by atoms with E-state index in [2.05, 4.69) is 15.0 Å². The van der Waals surface area contributed by atoms with E-state index >= 15 is 0 Å². The Bertz CT molecular complexity index is 646. The van der Waals surface area contributed by atoms with Crippen molar-refractivity contribution in [3.05, 3.63) is 33.2 Å². The zero-order chi connectivity index (χ0) is 19.6. The van der Waals surface area contributed by atoms with Crippen molar-refractivity contribution in [3.8, 4) is 0 Å². The molecule has 3 unspecified atom stereocenters. The van der Waals surface area contributed by atoms with Crippen molar-refractivity contribution < 1.29 is 18.1 Å². The van der Waals surface area contributed by atoms with Gasteiger partial charge >= 0.3 is 0 Å². The van der Waals surface area contributed by atoms with Gasteiger partial charge in [0.1, 0.15) is 5.67 Å². The van der Waals surface area contributed by atoms with Crippen molar-refractivity contribution in [1.29, 1.82) is 0 Å². The van der Waals surface area contributed by atoms with Crippen LogP contribution >= 0.6 is 11.6 Å². The van der Waals surface area contributed by atoms with Crippen LogP contribution in [0.3, 0.4) is 0 Å². The van der Waals surface area contributed by atoms with Crippen LogP contribution < -0.4 is 10.9 Å². The maximum atomic E-state index is 14.9. The second-order valence-electron chi connectivity index (χ2n) is 6.17. The third-order valence-electron chi connectivity index (χ3n) is 4.28. The van der Waals surface area contributed by atoms with Crippen LogP contribution in [0.2, 0.25) is 5.02 Å². The normalized spacial score (nSPS) is 27.4. The van der Waals surface area contributed by atoms with Gasteiger partial charge in [0.15, 0.2) is 0 Å². The van der Waals surface area contributed by atoms with Crippen molar-refractivity contribution in [2.75, 3.05) is 31.7 Å². The summed E-state index contributed by atoms with van der Waals surface area (Å²) in [6.45, 7) is 4.55. The Kier molecular flexibility index (Phi) is 10.0. The highest BCUT2D eigenvalue weighted by atomic mass is 35.5. The van der Waals surface area contributed by atoms with Gasteiger partial charge in [-0.1, -0.05) is 18.5 Å². The van der Waals surface area contributed by atoms with Crippen molar-refractivity contribution in [2.24, 2.45) is 5.92 Å². The molecule has 26 heavy (non-hydrogen) atoms. The van der Waals surface area contributed by atoms with Gasteiger partial charge < -0.3 is 15.0 Å². The van der Waals surface area contributed by atoms with E-state index in [4.69, 9.17) is 16.4 Å². The SMILES string of the molecule is C1CCNC1.CC1CS(=O)CCC1(F)c1cc(Cl)c[nH]c1=O.COC=O. The second-order valence-corrected chi connectivity index (χ2v) is 8.23. The molecule has 148 valence electrons. The van der Waals surface area contributed by atoms with E-state index in [0.29, 0.717) is 11.5 Å². The summed E-state index contributed by atoms with van der Waals surface area (Å²) in [6.07, 6.45) is 4.21. The summed E-state index contributed by atoms with van der Waals surface area (Å²) in [5.74, 6) is 0.117. The number of aromatic amines is 1. The fraction of sp³-hybridized carbons (Fsp3) is 0.647. The quantitative estimate of drug-likeness (QED) is 0.732. The number of methoxy groups -OCH3 is 1. The molecule has 3 heterocycles. The average molecular weight is 409 g/mol. The van der Waals surface area contributed by atoms with Crippen LogP contribution in [0, 0.1) is 5.92 Å². The summed E-state index contributed by atoms with van der Waals surface area (Å²) < 4.78 is 30.1. The van der Waals surface area contributed by atoms with Crippen LogP contribution in [0.1, 0.15) is 31.7 Å². The fourth-order valence-electron chi connectivity index (χ4n) is 2.79. The first-order chi connectivity index (χ1) is 12.3. The smallest absolute Gasteiger partial charge is 0.292 e. The number of carbonyl (C=O) groups is 1. The zero-order valence-corrected chi connectivity index (χ0v) is 16.6. The number of rotatable bonds is 2. The van der Waals surface area contributed by atoms with Crippen LogP contribution in [0.4, 0.5) is 4.39 Å². The lowest BCUT2D eigenvalue weighted by atomic mass is 9.83. The summed E-state index contributed by atoms with van der Waals surface area (Å²) in [5, 5.41) is 3.52. The summed E-state index contributed by atoms with van der Waals surface area (Å²) in [6, 6.07) is 1.37. The minimum Gasteiger partial charge on any atom is -0.471 e. The van der Waals surface area contributed by atoms with Crippen LogP contribution in [0.15, 0.2) is 17.1 Å². The highest BCUT2D eigenvalue weighted by Crippen LogP contribution is 2.40. The summed E-state index contributed by atoms with van der Waals surface area (Å²) >= 11 is 5.78. The van der Waals surface area contributed by atoms with Crippen molar-refractivity contribution in [1.82, 2.24) is 10.3 Å². The number of carbonyl (C=O) groups excluding carboxylic acids is 1. The van der Waals surface area contributed by atoms with Crippen LogP contribution in [0.5, 0.6) is 0 Å². The van der Waals surface area contributed by atoms with E-state index in [-0.39, 0.29) is 23.5 Å². The summed E-state index contributed by atoms with van der Waals surface area (Å²) in [4.78, 5) is 23.0. The number of pyridine rings is 1. The van der Waals surface area contributed by atoms with Gasteiger partial charge in [-0.2, -0.15) is 0 Å². The van der Waals surface area contributed by atoms with Gasteiger partial charge in [0.2, 0.25) is 0 Å². The molecular weight excluding hydrogens is 383 g/mol. The monoisotopic (exact) mass is 408 g/mol. The van der Waals surface area contributed by atoms with Crippen molar-refractivity contribution >= 4 is 28.9 Å². The first-order valence-corrected chi connectivity index (χ1v) is 10.3. The second kappa shape index (κ2) is 11.5.